The molecule has 24 heavy (non-hydrogen) atoms. The molecule has 0 saturated heterocycles. The minimum absolute atomic E-state index is 0.517. The summed E-state index contributed by atoms with van der Waals surface area (Å²) < 4.78 is 8.27. The van der Waals surface area contributed by atoms with Gasteiger partial charge in [0, 0.05) is 22.7 Å². The summed E-state index contributed by atoms with van der Waals surface area (Å²) in [6, 6.07) is 24.4. The van der Waals surface area contributed by atoms with E-state index >= 15 is 0 Å². The molecule has 4 aromatic rings. The van der Waals surface area contributed by atoms with E-state index in [2.05, 4.69) is 60.1 Å². The largest absolute Gasteiger partial charge is 0.489 e. The Bertz CT molecular complexity index is 968. The molecule has 3 heteroatoms. The minimum atomic E-state index is 0.517. The molecular formula is C21H17ClNO+. The second-order valence-electron chi connectivity index (χ2n) is 5.81. The summed E-state index contributed by atoms with van der Waals surface area (Å²) in [6.07, 6.45) is 0. The fourth-order valence-corrected chi connectivity index (χ4v) is 3.29. The summed E-state index contributed by atoms with van der Waals surface area (Å²) in [4.78, 5) is 0. The van der Waals surface area contributed by atoms with Crippen LogP contribution in [0.1, 0.15) is 5.56 Å². The summed E-state index contributed by atoms with van der Waals surface area (Å²) in [6.45, 7) is 0.517. The van der Waals surface area contributed by atoms with Crippen molar-refractivity contribution >= 4 is 33.4 Å². The second kappa shape index (κ2) is 6.14. The van der Waals surface area contributed by atoms with Crippen molar-refractivity contribution in [2.24, 2.45) is 7.05 Å². The standard InChI is InChI=1S/C21H17ClNO/c1-23-20-8-4-2-6-17(20)19(18-7-3-5-9-21(18)23)14-24-16-12-10-15(22)11-13-16/h2-13H,14H2,1H3/q+1. The number of benzene rings is 3. The van der Waals surface area contributed by atoms with Gasteiger partial charge in [-0.2, -0.15) is 4.57 Å². The highest BCUT2D eigenvalue weighted by molar-refractivity contribution is 6.30. The van der Waals surface area contributed by atoms with Crippen molar-refractivity contribution in [3.63, 3.8) is 0 Å². The Morgan fingerprint density at radius 2 is 1.33 bits per heavy atom. The van der Waals surface area contributed by atoms with E-state index in [0.717, 1.165) is 5.75 Å². The van der Waals surface area contributed by atoms with E-state index in [1.165, 1.54) is 27.4 Å². The number of ether oxygens (including phenoxy) is 1. The third-order valence-electron chi connectivity index (χ3n) is 4.38. The molecule has 118 valence electrons. The van der Waals surface area contributed by atoms with Crippen molar-refractivity contribution in [3.8, 4) is 5.75 Å². The van der Waals surface area contributed by atoms with Crippen molar-refractivity contribution < 1.29 is 9.30 Å². The van der Waals surface area contributed by atoms with Crippen molar-refractivity contribution in [2.75, 3.05) is 0 Å². The lowest BCUT2D eigenvalue weighted by atomic mass is 10.0. The summed E-state index contributed by atoms with van der Waals surface area (Å²) in [7, 11) is 2.11. The Kier molecular flexibility index (Phi) is 3.83. The van der Waals surface area contributed by atoms with Crippen molar-refractivity contribution in [3.05, 3.63) is 83.4 Å². The van der Waals surface area contributed by atoms with Crippen LogP contribution in [0.5, 0.6) is 5.75 Å². The zero-order valence-electron chi connectivity index (χ0n) is 13.4. The fraction of sp³-hybridized carbons (Fsp3) is 0.0952. The summed E-state index contributed by atoms with van der Waals surface area (Å²) >= 11 is 5.94. The quantitative estimate of drug-likeness (QED) is 0.377. The number of fused-ring (bicyclic) bond motifs is 2. The first-order valence-electron chi connectivity index (χ1n) is 7.91. The Balaban J connectivity index is 1.85. The fourth-order valence-electron chi connectivity index (χ4n) is 3.16. The molecule has 1 heterocycles. The van der Waals surface area contributed by atoms with Gasteiger partial charge in [-0.1, -0.05) is 35.9 Å². The van der Waals surface area contributed by atoms with Crippen LogP contribution in [0.2, 0.25) is 5.02 Å². The number of aryl methyl sites for hydroxylation is 1. The predicted octanol–water partition coefficient (Wildman–Crippen LogP) is 5.05. The number of hydrogen-bond donors (Lipinski definition) is 0. The van der Waals surface area contributed by atoms with Gasteiger partial charge in [-0.25, -0.2) is 0 Å². The number of rotatable bonds is 3. The number of halogens is 1. The van der Waals surface area contributed by atoms with Crippen molar-refractivity contribution in [1.29, 1.82) is 0 Å². The zero-order chi connectivity index (χ0) is 16.5. The number of pyridine rings is 1. The first-order valence-corrected chi connectivity index (χ1v) is 8.28. The molecular weight excluding hydrogens is 318 g/mol. The summed E-state index contributed by atoms with van der Waals surface area (Å²) in [5.74, 6) is 0.820. The number of para-hydroxylation sites is 2. The van der Waals surface area contributed by atoms with Gasteiger partial charge < -0.3 is 4.74 Å². The molecule has 0 aliphatic heterocycles. The third-order valence-corrected chi connectivity index (χ3v) is 4.63. The van der Waals surface area contributed by atoms with Crippen LogP contribution in [0.4, 0.5) is 0 Å². The lowest BCUT2D eigenvalue weighted by Gasteiger charge is -2.11. The average molecular weight is 335 g/mol. The average Bonchev–Trinajstić information content (AvgIpc) is 2.63. The van der Waals surface area contributed by atoms with Gasteiger partial charge >= 0.3 is 0 Å². The maximum Gasteiger partial charge on any atom is 0.213 e. The summed E-state index contributed by atoms with van der Waals surface area (Å²) in [5.41, 5.74) is 3.60. The number of aromatic nitrogens is 1. The topological polar surface area (TPSA) is 13.1 Å². The Morgan fingerprint density at radius 1 is 0.792 bits per heavy atom. The highest BCUT2D eigenvalue weighted by atomic mass is 35.5. The van der Waals surface area contributed by atoms with Gasteiger partial charge in [0.15, 0.2) is 0 Å². The number of nitrogens with zero attached hydrogens (tertiary/aromatic N) is 1. The lowest BCUT2D eigenvalue weighted by molar-refractivity contribution is -0.617. The van der Waals surface area contributed by atoms with Crippen LogP contribution in [0.15, 0.2) is 72.8 Å². The Labute approximate surface area is 145 Å². The van der Waals surface area contributed by atoms with Gasteiger partial charge in [0.05, 0.1) is 10.8 Å². The Morgan fingerprint density at radius 3 is 1.92 bits per heavy atom. The maximum atomic E-state index is 6.04. The maximum absolute atomic E-state index is 6.04. The van der Waals surface area contributed by atoms with E-state index in [0.29, 0.717) is 11.6 Å². The normalized spacial score (nSPS) is 11.1. The molecule has 0 fully saturated rings. The monoisotopic (exact) mass is 334 g/mol. The van der Waals surface area contributed by atoms with E-state index < -0.39 is 0 Å². The van der Waals surface area contributed by atoms with Crippen LogP contribution >= 0.6 is 11.6 Å². The lowest BCUT2D eigenvalue weighted by Crippen LogP contribution is -2.30. The van der Waals surface area contributed by atoms with E-state index in [4.69, 9.17) is 16.3 Å². The molecule has 2 nitrogen and oxygen atoms in total. The SMILES string of the molecule is C[n+]1c2ccccc2c(COc2ccc(Cl)cc2)c2ccccc21. The molecule has 1 aromatic heterocycles. The van der Waals surface area contributed by atoms with Crippen LogP contribution < -0.4 is 9.30 Å². The van der Waals surface area contributed by atoms with Crippen LogP contribution in [0.25, 0.3) is 21.8 Å². The van der Waals surface area contributed by atoms with Gasteiger partial charge in [0.25, 0.3) is 0 Å². The smallest absolute Gasteiger partial charge is 0.213 e. The third kappa shape index (κ3) is 2.59. The number of hydrogen-bond acceptors (Lipinski definition) is 1. The van der Waals surface area contributed by atoms with E-state index in [-0.39, 0.29) is 0 Å². The highest BCUT2D eigenvalue weighted by Crippen LogP contribution is 2.26. The van der Waals surface area contributed by atoms with Crippen LogP contribution in [-0.2, 0) is 13.7 Å². The minimum Gasteiger partial charge on any atom is -0.489 e. The highest BCUT2D eigenvalue weighted by Gasteiger charge is 2.17. The molecule has 0 spiro atoms. The molecule has 0 atom stereocenters. The van der Waals surface area contributed by atoms with E-state index in [1.54, 1.807) is 0 Å². The first-order chi connectivity index (χ1) is 11.7. The predicted molar refractivity (Wildman–Crippen MR) is 98.4 cm³/mol. The van der Waals surface area contributed by atoms with Crippen LogP contribution in [0.3, 0.4) is 0 Å². The first kappa shape index (κ1) is 15.0. The Hall–Kier alpha value is -2.58. The van der Waals surface area contributed by atoms with Crippen LogP contribution in [-0.4, -0.2) is 0 Å². The molecule has 0 radical (unpaired) electrons. The zero-order valence-corrected chi connectivity index (χ0v) is 14.1. The van der Waals surface area contributed by atoms with E-state index in [9.17, 15) is 0 Å². The van der Waals surface area contributed by atoms with Gasteiger partial charge in [0.1, 0.15) is 19.4 Å². The molecule has 4 rings (SSSR count). The molecule has 0 saturated carbocycles. The molecule has 0 N–H and O–H groups in total. The van der Waals surface area contributed by atoms with Gasteiger partial charge in [-0.3, -0.25) is 0 Å². The molecule has 3 aromatic carbocycles. The van der Waals surface area contributed by atoms with Crippen molar-refractivity contribution in [2.45, 2.75) is 6.61 Å². The second-order valence-corrected chi connectivity index (χ2v) is 6.25. The van der Waals surface area contributed by atoms with Crippen LogP contribution in [0, 0.1) is 0 Å². The van der Waals surface area contributed by atoms with Crippen molar-refractivity contribution in [1.82, 2.24) is 0 Å². The molecule has 0 aliphatic rings. The van der Waals surface area contributed by atoms with E-state index in [1.807, 2.05) is 24.3 Å². The molecule has 0 bridgehead atoms. The van der Waals surface area contributed by atoms with Gasteiger partial charge in [-0.15, -0.1) is 0 Å². The van der Waals surface area contributed by atoms with Gasteiger partial charge in [-0.05, 0) is 36.4 Å². The molecule has 0 unspecified atom stereocenters. The molecule has 0 amide bonds. The van der Waals surface area contributed by atoms with Gasteiger partial charge in [0.2, 0.25) is 11.0 Å². The summed E-state index contributed by atoms with van der Waals surface area (Å²) in [5, 5.41) is 3.14. The molecule has 0 aliphatic carbocycles.